The summed E-state index contributed by atoms with van der Waals surface area (Å²) in [7, 11) is 0. The minimum absolute atomic E-state index is 0.248. The van der Waals surface area contributed by atoms with E-state index in [-0.39, 0.29) is 11.7 Å². The van der Waals surface area contributed by atoms with Crippen molar-refractivity contribution in [1.29, 1.82) is 0 Å². The number of carboxylic acid groups (broad SMARTS) is 1. The third-order valence-electron chi connectivity index (χ3n) is 2.55. The van der Waals surface area contributed by atoms with Crippen molar-refractivity contribution in [2.24, 2.45) is 5.92 Å². The quantitative estimate of drug-likeness (QED) is 0.829. The van der Waals surface area contributed by atoms with Crippen LogP contribution in [0.1, 0.15) is 24.5 Å². The minimum Gasteiger partial charge on any atom is -0.481 e. The molecule has 3 heteroatoms. The van der Waals surface area contributed by atoms with Gasteiger partial charge in [0.05, 0.1) is 5.92 Å². The fourth-order valence-corrected chi connectivity index (χ4v) is 1.52. The highest BCUT2D eigenvalue weighted by Gasteiger charge is 2.15. The van der Waals surface area contributed by atoms with Crippen LogP contribution in [0.25, 0.3) is 0 Å². The summed E-state index contributed by atoms with van der Waals surface area (Å²) in [5, 5.41) is 8.88. The number of halogens is 1. The van der Waals surface area contributed by atoms with Gasteiger partial charge >= 0.3 is 5.97 Å². The first-order valence-electron chi connectivity index (χ1n) is 5.02. The number of benzene rings is 1. The average Bonchev–Trinajstić information content (AvgIpc) is 2.19. The molecule has 1 atom stereocenters. The summed E-state index contributed by atoms with van der Waals surface area (Å²) in [6, 6.07) is 4.74. The van der Waals surface area contributed by atoms with Crippen molar-refractivity contribution >= 4 is 5.97 Å². The van der Waals surface area contributed by atoms with Gasteiger partial charge in [-0.3, -0.25) is 4.79 Å². The molecule has 1 aromatic rings. The molecule has 1 unspecified atom stereocenters. The Kier molecular flexibility index (Phi) is 3.83. The molecule has 0 aliphatic heterocycles. The second-order valence-corrected chi connectivity index (χ2v) is 3.73. The van der Waals surface area contributed by atoms with Crippen molar-refractivity contribution < 1.29 is 14.3 Å². The monoisotopic (exact) mass is 210 g/mol. The second kappa shape index (κ2) is 4.91. The number of carboxylic acids is 1. The predicted molar refractivity (Wildman–Crippen MR) is 56.3 cm³/mol. The summed E-state index contributed by atoms with van der Waals surface area (Å²) in [6.45, 7) is 3.52. The first kappa shape index (κ1) is 11.7. The zero-order valence-corrected chi connectivity index (χ0v) is 8.96. The highest BCUT2D eigenvalue weighted by molar-refractivity contribution is 5.70. The van der Waals surface area contributed by atoms with Gasteiger partial charge in [-0.05, 0) is 37.0 Å². The van der Waals surface area contributed by atoms with Gasteiger partial charge in [0.15, 0.2) is 0 Å². The first-order valence-corrected chi connectivity index (χ1v) is 5.02. The fourth-order valence-electron chi connectivity index (χ4n) is 1.52. The van der Waals surface area contributed by atoms with Crippen molar-refractivity contribution in [3.05, 3.63) is 35.1 Å². The van der Waals surface area contributed by atoms with Gasteiger partial charge < -0.3 is 5.11 Å². The molecular weight excluding hydrogens is 195 g/mol. The molecule has 0 bridgehead atoms. The van der Waals surface area contributed by atoms with E-state index in [2.05, 4.69) is 0 Å². The Balaban J connectivity index is 2.80. The maximum absolute atomic E-state index is 13.0. The van der Waals surface area contributed by atoms with Crippen molar-refractivity contribution in [3.63, 3.8) is 0 Å². The fraction of sp³-hybridized carbons (Fsp3) is 0.417. The van der Waals surface area contributed by atoms with Gasteiger partial charge in [0.1, 0.15) is 5.82 Å². The zero-order valence-electron chi connectivity index (χ0n) is 8.96. The largest absolute Gasteiger partial charge is 0.481 e. The molecule has 0 saturated carbocycles. The number of rotatable bonds is 4. The molecule has 82 valence electrons. The Morgan fingerprint density at radius 2 is 2.20 bits per heavy atom. The van der Waals surface area contributed by atoms with E-state index >= 15 is 0 Å². The molecule has 0 radical (unpaired) electrons. The van der Waals surface area contributed by atoms with Crippen LogP contribution in [0.4, 0.5) is 4.39 Å². The van der Waals surface area contributed by atoms with Gasteiger partial charge in [-0.2, -0.15) is 0 Å². The first-order chi connectivity index (χ1) is 7.04. The molecular formula is C12H15FO2. The van der Waals surface area contributed by atoms with Crippen LogP contribution in [-0.2, 0) is 11.2 Å². The summed E-state index contributed by atoms with van der Waals surface area (Å²) >= 11 is 0. The van der Waals surface area contributed by atoms with Gasteiger partial charge in [0.2, 0.25) is 0 Å². The Bertz CT molecular complexity index is 361. The summed E-state index contributed by atoms with van der Waals surface area (Å²) in [5.41, 5.74) is 1.44. The Morgan fingerprint density at radius 1 is 1.53 bits per heavy atom. The number of aryl methyl sites for hydroxylation is 1. The normalized spacial score (nSPS) is 12.5. The summed E-state index contributed by atoms with van der Waals surface area (Å²) < 4.78 is 13.0. The maximum Gasteiger partial charge on any atom is 0.306 e. The van der Waals surface area contributed by atoms with E-state index < -0.39 is 5.97 Å². The highest BCUT2D eigenvalue weighted by Crippen LogP contribution is 2.15. The molecule has 2 nitrogen and oxygen atoms in total. The predicted octanol–water partition coefficient (Wildman–Crippen LogP) is 2.79. The Morgan fingerprint density at radius 3 is 2.67 bits per heavy atom. The molecule has 0 amide bonds. The smallest absolute Gasteiger partial charge is 0.306 e. The third-order valence-corrected chi connectivity index (χ3v) is 2.55. The maximum atomic E-state index is 13.0. The van der Waals surface area contributed by atoms with E-state index in [4.69, 9.17) is 5.11 Å². The van der Waals surface area contributed by atoms with Crippen LogP contribution in [0.3, 0.4) is 0 Å². The molecule has 0 aliphatic carbocycles. The number of hydrogen-bond acceptors (Lipinski definition) is 1. The molecule has 0 aliphatic rings. The van der Waals surface area contributed by atoms with E-state index in [1.54, 1.807) is 19.1 Å². The van der Waals surface area contributed by atoms with Crippen molar-refractivity contribution in [3.8, 4) is 0 Å². The van der Waals surface area contributed by atoms with Gasteiger partial charge in [-0.25, -0.2) is 4.39 Å². The number of carbonyl (C=O) groups is 1. The molecule has 0 saturated heterocycles. The number of aliphatic carboxylic acids is 1. The highest BCUT2D eigenvalue weighted by atomic mass is 19.1. The van der Waals surface area contributed by atoms with Gasteiger partial charge in [0, 0.05) is 0 Å². The minimum atomic E-state index is -0.792. The molecule has 0 spiro atoms. The van der Waals surface area contributed by atoms with E-state index in [9.17, 15) is 9.18 Å². The van der Waals surface area contributed by atoms with Crippen LogP contribution in [0, 0.1) is 18.7 Å². The molecule has 1 rings (SSSR count). The lowest BCUT2D eigenvalue weighted by Gasteiger charge is -2.10. The van der Waals surface area contributed by atoms with Crippen LogP contribution < -0.4 is 0 Å². The molecule has 0 heterocycles. The summed E-state index contributed by atoms with van der Waals surface area (Å²) in [6.07, 6.45) is 1.05. The lowest BCUT2D eigenvalue weighted by molar-refractivity contribution is -0.141. The standard InChI is InChI=1S/C12H15FO2/c1-3-10(12(14)15)7-9-4-5-11(13)8(2)6-9/h4-6,10H,3,7H2,1-2H3,(H,14,15). The van der Waals surface area contributed by atoms with E-state index in [0.717, 1.165) is 5.56 Å². The number of hydrogen-bond donors (Lipinski definition) is 1. The topological polar surface area (TPSA) is 37.3 Å². The molecule has 0 fully saturated rings. The van der Waals surface area contributed by atoms with Crippen molar-refractivity contribution in [2.45, 2.75) is 26.7 Å². The van der Waals surface area contributed by atoms with E-state index in [0.29, 0.717) is 18.4 Å². The molecule has 1 aromatic carbocycles. The van der Waals surface area contributed by atoms with Gasteiger partial charge in [-0.15, -0.1) is 0 Å². The van der Waals surface area contributed by atoms with Crippen LogP contribution in [-0.4, -0.2) is 11.1 Å². The summed E-state index contributed by atoms with van der Waals surface area (Å²) in [5.74, 6) is -1.42. The van der Waals surface area contributed by atoms with Crippen LogP contribution in [0.5, 0.6) is 0 Å². The van der Waals surface area contributed by atoms with Crippen LogP contribution >= 0.6 is 0 Å². The lowest BCUT2D eigenvalue weighted by atomic mass is 9.96. The SMILES string of the molecule is CCC(Cc1ccc(F)c(C)c1)C(=O)O. The van der Waals surface area contributed by atoms with Crippen LogP contribution in [0.2, 0.25) is 0 Å². The molecule has 15 heavy (non-hydrogen) atoms. The van der Waals surface area contributed by atoms with Gasteiger partial charge in [0.25, 0.3) is 0 Å². The zero-order chi connectivity index (χ0) is 11.4. The lowest BCUT2D eigenvalue weighted by Crippen LogP contribution is -2.15. The average molecular weight is 210 g/mol. The third kappa shape index (κ3) is 3.05. The van der Waals surface area contributed by atoms with Gasteiger partial charge in [-0.1, -0.05) is 19.1 Å². The molecule has 0 aromatic heterocycles. The van der Waals surface area contributed by atoms with Crippen molar-refractivity contribution in [1.82, 2.24) is 0 Å². The van der Waals surface area contributed by atoms with Crippen LogP contribution in [0.15, 0.2) is 18.2 Å². The Hall–Kier alpha value is -1.38. The Labute approximate surface area is 88.7 Å². The second-order valence-electron chi connectivity index (χ2n) is 3.73. The van der Waals surface area contributed by atoms with E-state index in [1.165, 1.54) is 6.07 Å². The van der Waals surface area contributed by atoms with Crippen molar-refractivity contribution in [2.75, 3.05) is 0 Å². The summed E-state index contributed by atoms with van der Waals surface area (Å²) in [4.78, 5) is 10.8. The van der Waals surface area contributed by atoms with E-state index in [1.807, 2.05) is 6.92 Å². The molecule has 1 N–H and O–H groups in total.